The lowest BCUT2D eigenvalue weighted by Gasteiger charge is -2.53. The second-order valence-corrected chi connectivity index (χ2v) is 68.1. The Morgan fingerprint density at radius 1 is 0.396 bits per heavy atom. The lowest BCUT2D eigenvalue weighted by Crippen LogP contribution is -2.76. The first-order valence-corrected chi connectivity index (χ1v) is 42.3. The monoisotopic (exact) mass is 756 g/mol. The van der Waals surface area contributed by atoms with Gasteiger partial charge >= 0.3 is 0 Å². The van der Waals surface area contributed by atoms with Crippen LogP contribution in [0.15, 0.2) is 92.5 Å². The second kappa shape index (κ2) is 14.9. The summed E-state index contributed by atoms with van der Waals surface area (Å²) in [7, 11) is -11.7. The number of hydrogen-bond acceptors (Lipinski definition) is 0. The van der Waals surface area contributed by atoms with Crippen LogP contribution in [0.3, 0.4) is 0 Å². The highest BCUT2D eigenvalue weighted by Crippen LogP contribution is 2.41. The van der Waals surface area contributed by atoms with Crippen molar-refractivity contribution in [1.29, 1.82) is 0 Å². The summed E-state index contributed by atoms with van der Waals surface area (Å²) in [6.45, 7) is 47.7. The van der Waals surface area contributed by atoms with Gasteiger partial charge < -0.3 is 0 Å². The quantitative estimate of drug-likeness (QED) is 0.128. The number of benzene rings is 3. The van der Waals surface area contributed by atoms with Crippen LogP contribution in [0.1, 0.15) is 16.7 Å². The predicted octanol–water partition coefficient (Wildman–Crippen LogP) is 11.3. The van der Waals surface area contributed by atoms with Gasteiger partial charge in [-0.2, -0.15) is 0 Å². The van der Waals surface area contributed by atoms with Gasteiger partial charge in [0.05, 0.1) is 23.3 Å². The zero-order chi connectivity index (χ0) is 36.4. The minimum absolute atomic E-state index is 1.22. The molecule has 0 aliphatic rings. The van der Waals surface area contributed by atoms with E-state index < -0.39 is 54.6 Å². The zero-order valence-electron chi connectivity index (χ0n) is 33.1. The molecule has 0 N–H and O–H groups in total. The Balaban J connectivity index is 2.23. The summed E-state index contributed by atoms with van der Waals surface area (Å²) in [5, 5.41) is 5.03. The second-order valence-electron chi connectivity index (χ2n) is 19.3. The molecule has 0 aliphatic heterocycles. The fourth-order valence-corrected chi connectivity index (χ4v) is 86.1. The molecule has 0 nitrogen and oxygen atoms in total. The van der Waals surface area contributed by atoms with Crippen LogP contribution in [0.25, 0.3) is 18.2 Å². The average molecular weight is 758 g/mol. The van der Waals surface area contributed by atoms with Gasteiger partial charge in [-0.05, 0) is 16.7 Å². The summed E-state index contributed by atoms with van der Waals surface area (Å²) in [5.41, 5.74) is 9.78. The molecule has 1 unspecified atom stereocenters. The summed E-state index contributed by atoms with van der Waals surface area (Å²) < 4.78 is 0. The van der Waals surface area contributed by atoms with Gasteiger partial charge in [-0.3, -0.25) is 0 Å². The Hall–Kier alpha value is -1.60. The molecule has 0 bridgehead atoms. The van der Waals surface area contributed by atoms with Crippen molar-refractivity contribution in [3.05, 3.63) is 109 Å². The van der Waals surface area contributed by atoms with Crippen LogP contribution >= 0.6 is 0 Å². The lowest BCUT2D eigenvalue weighted by atomic mass is 10.2. The third-order valence-electron chi connectivity index (χ3n) is 11.9. The lowest BCUT2D eigenvalue weighted by molar-refractivity contribution is 1.41. The molecule has 0 aliphatic carbocycles. The average Bonchev–Trinajstić information content (AvgIpc) is 2.98. The maximum atomic E-state index is 4.09. The molecule has 0 saturated heterocycles. The molecule has 0 fully saturated rings. The van der Waals surface area contributed by atoms with Crippen molar-refractivity contribution in [1.82, 2.24) is 0 Å². The van der Waals surface area contributed by atoms with Crippen LogP contribution < -0.4 is 15.6 Å². The van der Waals surface area contributed by atoms with Crippen LogP contribution in [0.4, 0.5) is 0 Å². The van der Waals surface area contributed by atoms with Crippen LogP contribution in [0.5, 0.6) is 0 Å². The van der Waals surface area contributed by atoms with Gasteiger partial charge in [-0.25, -0.2) is 0 Å². The van der Waals surface area contributed by atoms with Gasteiger partial charge in [0.15, 0.2) is 0 Å². The maximum absolute atomic E-state index is 4.09. The Kier molecular flexibility index (Phi) is 12.7. The Labute approximate surface area is 303 Å². The van der Waals surface area contributed by atoms with Gasteiger partial charge in [0.2, 0.25) is 0 Å². The van der Waals surface area contributed by atoms with E-state index in [1.165, 1.54) is 33.7 Å². The van der Waals surface area contributed by atoms with Crippen molar-refractivity contribution in [2.24, 2.45) is 0 Å². The highest BCUT2D eigenvalue weighted by molar-refractivity contribution is 7.56. The summed E-state index contributed by atoms with van der Waals surface area (Å²) in [6.07, 6.45) is 5.99. The molecule has 0 heterocycles. The van der Waals surface area contributed by atoms with Crippen LogP contribution in [-0.4, -0.2) is 54.6 Å². The van der Waals surface area contributed by atoms with Crippen molar-refractivity contribution >= 4 is 88.4 Å². The van der Waals surface area contributed by atoms with Gasteiger partial charge in [-0.15, -0.1) is 0 Å². The fraction of sp³-hybridized carbons (Fsp3) is 0.415. The molecule has 1 atom stereocenters. The van der Waals surface area contributed by atoms with Crippen molar-refractivity contribution in [3.8, 4) is 0 Å². The normalized spacial score (nSPS) is 14.7. The third kappa shape index (κ3) is 9.38. The van der Waals surface area contributed by atoms with Crippen molar-refractivity contribution in [2.45, 2.75) is 108 Å². The Morgan fingerprint density at radius 3 is 1.04 bits per heavy atom. The third-order valence-corrected chi connectivity index (χ3v) is 75.6. The first-order chi connectivity index (χ1) is 21.9. The summed E-state index contributed by atoms with van der Waals surface area (Å²) in [6, 6.07) is 29.1. The maximum Gasteiger partial charge on any atom is 0.0794 e. The molecule has 48 heavy (non-hydrogen) atoms. The Morgan fingerprint density at radius 2 is 0.708 bits per heavy atom. The predicted molar refractivity (Wildman–Crippen MR) is 244 cm³/mol. The van der Waals surface area contributed by atoms with Gasteiger partial charge in [-0.1, -0.05) is 234 Å². The van der Waals surface area contributed by atoms with Crippen molar-refractivity contribution in [2.75, 3.05) is 0 Å². The molecule has 7 heteroatoms. The molecular formula is C41H68Si7. The smallest absolute Gasteiger partial charge is 0.0794 e. The van der Waals surface area contributed by atoms with E-state index in [4.69, 9.17) is 0 Å². The SMILES string of the molecule is C=Cc1ccc([Si](C[Si](C)(C)C)(C[Si](C)(C)C)C[Si](C)(C)[Si](C)(C)C[Si](C)(c2ccc(C=C)cc2)[Si](C)(C)c2ccc(C=C)cc2)cc1. The van der Waals surface area contributed by atoms with Gasteiger partial charge in [0, 0.05) is 31.3 Å². The van der Waals surface area contributed by atoms with E-state index >= 15 is 0 Å². The van der Waals surface area contributed by atoms with E-state index in [-0.39, 0.29) is 0 Å². The molecule has 0 radical (unpaired) electrons. The molecule has 0 saturated carbocycles. The molecule has 3 aromatic carbocycles. The highest BCUT2D eigenvalue weighted by atomic mass is 29.3. The number of rotatable bonds is 16. The highest BCUT2D eigenvalue weighted by Gasteiger charge is 2.56. The van der Waals surface area contributed by atoms with Crippen molar-refractivity contribution < 1.29 is 0 Å². The van der Waals surface area contributed by atoms with Crippen LogP contribution in [0, 0.1) is 0 Å². The largest absolute Gasteiger partial charge is 0.0985 e. The summed E-state index contributed by atoms with van der Waals surface area (Å²) in [5.74, 6) is 0. The van der Waals surface area contributed by atoms with Gasteiger partial charge in [0.25, 0.3) is 0 Å². The molecule has 3 aromatic rings. The molecule has 260 valence electrons. The standard InChI is InChI=1S/C41H68Si7/c1-17-36-20-26-39(27-21-36)46(14,15)47(16,40-28-22-37(18-2)23-29-40)34-44(10,11)45(12,13)35-48(32-42(4,5)6,33-43(7,8)9)41-30-24-38(19-3)25-31-41/h17-31H,1-3,32-35H2,4-16H3. The van der Waals surface area contributed by atoms with Crippen molar-refractivity contribution in [3.63, 3.8) is 0 Å². The van der Waals surface area contributed by atoms with Crippen LogP contribution in [0.2, 0.25) is 108 Å². The first kappa shape index (κ1) is 40.8. The fourth-order valence-electron chi connectivity index (χ4n) is 8.73. The van der Waals surface area contributed by atoms with E-state index in [0.717, 1.165) is 0 Å². The van der Waals surface area contributed by atoms with E-state index in [2.05, 4.69) is 178 Å². The van der Waals surface area contributed by atoms with E-state index in [0.29, 0.717) is 0 Å². The molecule has 0 aromatic heterocycles. The topological polar surface area (TPSA) is 0 Å². The first-order valence-electron chi connectivity index (χ1n) is 18.1. The molecule has 0 spiro atoms. The number of hydrogen-bond donors (Lipinski definition) is 0. The van der Waals surface area contributed by atoms with E-state index in [9.17, 15) is 0 Å². The Bertz CT molecular complexity index is 1540. The molecule has 3 rings (SSSR count). The zero-order valence-corrected chi connectivity index (χ0v) is 40.1. The minimum Gasteiger partial charge on any atom is -0.0985 e. The molecular weight excluding hydrogens is 689 g/mol. The molecule has 0 amide bonds. The van der Waals surface area contributed by atoms with E-state index in [1.54, 1.807) is 21.2 Å². The van der Waals surface area contributed by atoms with Gasteiger partial charge in [0.1, 0.15) is 0 Å². The minimum atomic E-state index is -1.97. The summed E-state index contributed by atoms with van der Waals surface area (Å²) >= 11 is 0. The van der Waals surface area contributed by atoms with E-state index in [1.807, 2.05) is 18.2 Å². The van der Waals surface area contributed by atoms with Crippen LogP contribution in [-0.2, 0) is 0 Å². The summed E-state index contributed by atoms with van der Waals surface area (Å²) in [4.78, 5) is 0.